The van der Waals surface area contributed by atoms with Crippen LogP contribution in [-0.4, -0.2) is 53.8 Å². The Kier molecular flexibility index (Phi) is 5.45. The molecular weight excluding hydrogens is 272 g/mol. The zero-order valence-electron chi connectivity index (χ0n) is 12.9. The van der Waals surface area contributed by atoms with Crippen LogP contribution in [0.25, 0.3) is 0 Å². The van der Waals surface area contributed by atoms with Crippen molar-refractivity contribution in [3.05, 3.63) is 0 Å². The minimum atomic E-state index is -0.959. The molecular formula is C15H26N2O4. The number of nitrogens with one attached hydrogen (secondary N) is 1. The van der Waals surface area contributed by atoms with Crippen molar-refractivity contribution in [3.63, 3.8) is 0 Å². The summed E-state index contributed by atoms with van der Waals surface area (Å²) in [4.78, 5) is 25.0. The van der Waals surface area contributed by atoms with Gasteiger partial charge in [-0.25, -0.2) is 9.59 Å². The number of likely N-dealkylation sites (tertiary alicyclic amines) is 1. The Labute approximate surface area is 125 Å². The van der Waals surface area contributed by atoms with E-state index >= 15 is 0 Å². The topological polar surface area (TPSA) is 78.9 Å². The van der Waals surface area contributed by atoms with Crippen LogP contribution in [0.2, 0.25) is 0 Å². The fourth-order valence-electron chi connectivity index (χ4n) is 3.40. The molecule has 21 heavy (non-hydrogen) atoms. The molecule has 0 spiro atoms. The standard InChI is InChI=1S/C15H26N2O4/c1-3-10-4-6-11(7-5-10)16-15(20)17-9-12(21-2)8-13(17)14(18)19/h10-13H,3-9H2,1-2H3,(H,16,20)(H,18,19). The van der Waals surface area contributed by atoms with E-state index in [9.17, 15) is 14.7 Å². The lowest BCUT2D eigenvalue weighted by Gasteiger charge is -2.31. The van der Waals surface area contributed by atoms with E-state index in [1.54, 1.807) is 7.11 Å². The maximum absolute atomic E-state index is 12.3. The van der Waals surface area contributed by atoms with Gasteiger partial charge in [0.2, 0.25) is 0 Å². The Morgan fingerprint density at radius 3 is 2.48 bits per heavy atom. The molecule has 0 aromatic heterocycles. The molecule has 2 fully saturated rings. The number of ether oxygens (including phenoxy) is 1. The number of carbonyl (C=O) groups excluding carboxylic acids is 1. The van der Waals surface area contributed by atoms with E-state index in [0.717, 1.165) is 31.6 Å². The minimum absolute atomic E-state index is 0.177. The summed E-state index contributed by atoms with van der Waals surface area (Å²) in [5, 5.41) is 12.2. The molecule has 2 amide bonds. The first-order valence-electron chi connectivity index (χ1n) is 7.87. The van der Waals surface area contributed by atoms with Crippen molar-refractivity contribution in [1.29, 1.82) is 0 Å². The molecule has 2 rings (SSSR count). The Balaban J connectivity index is 1.88. The van der Waals surface area contributed by atoms with Gasteiger partial charge in [0.1, 0.15) is 6.04 Å². The first-order valence-corrected chi connectivity index (χ1v) is 7.87. The molecule has 6 heteroatoms. The van der Waals surface area contributed by atoms with Crippen LogP contribution >= 0.6 is 0 Å². The molecule has 2 aliphatic rings. The average Bonchev–Trinajstić information content (AvgIpc) is 2.92. The summed E-state index contributed by atoms with van der Waals surface area (Å²) in [7, 11) is 1.55. The zero-order chi connectivity index (χ0) is 15.4. The van der Waals surface area contributed by atoms with Gasteiger partial charge in [-0.15, -0.1) is 0 Å². The Morgan fingerprint density at radius 1 is 1.29 bits per heavy atom. The van der Waals surface area contributed by atoms with Crippen LogP contribution in [-0.2, 0) is 9.53 Å². The highest BCUT2D eigenvalue weighted by Crippen LogP contribution is 2.27. The van der Waals surface area contributed by atoms with Gasteiger partial charge in [0.25, 0.3) is 0 Å². The molecule has 6 nitrogen and oxygen atoms in total. The highest BCUT2D eigenvalue weighted by molar-refractivity contribution is 5.83. The number of methoxy groups -OCH3 is 1. The van der Waals surface area contributed by atoms with Crippen molar-refractivity contribution in [2.24, 2.45) is 5.92 Å². The summed E-state index contributed by atoms with van der Waals surface area (Å²) in [6, 6.07) is -0.861. The van der Waals surface area contributed by atoms with Gasteiger partial charge < -0.3 is 20.1 Å². The Hall–Kier alpha value is -1.30. The molecule has 1 heterocycles. The molecule has 0 aromatic rings. The Bertz CT molecular complexity index is 380. The third kappa shape index (κ3) is 3.87. The number of aliphatic carboxylic acids is 1. The van der Waals surface area contributed by atoms with Crippen LogP contribution in [0.5, 0.6) is 0 Å². The van der Waals surface area contributed by atoms with Gasteiger partial charge in [0, 0.05) is 26.1 Å². The summed E-state index contributed by atoms with van der Waals surface area (Å²) in [5.74, 6) is -0.186. The third-order valence-electron chi connectivity index (χ3n) is 4.89. The molecule has 0 bridgehead atoms. The van der Waals surface area contributed by atoms with Crippen molar-refractivity contribution < 1.29 is 19.4 Å². The maximum Gasteiger partial charge on any atom is 0.326 e. The second-order valence-corrected chi connectivity index (χ2v) is 6.18. The van der Waals surface area contributed by atoms with E-state index in [4.69, 9.17) is 4.74 Å². The van der Waals surface area contributed by atoms with Crippen LogP contribution in [0.15, 0.2) is 0 Å². The zero-order valence-corrected chi connectivity index (χ0v) is 12.9. The Morgan fingerprint density at radius 2 is 1.95 bits per heavy atom. The lowest BCUT2D eigenvalue weighted by molar-refractivity contribution is -0.141. The third-order valence-corrected chi connectivity index (χ3v) is 4.89. The number of carboxylic acids is 1. The molecule has 0 aromatic carbocycles. The van der Waals surface area contributed by atoms with Crippen LogP contribution < -0.4 is 5.32 Å². The predicted octanol–water partition coefficient (Wildman–Crippen LogP) is 1.84. The first kappa shape index (κ1) is 16.1. The molecule has 1 aliphatic carbocycles. The quantitative estimate of drug-likeness (QED) is 0.830. The lowest BCUT2D eigenvalue weighted by Crippen LogP contribution is -2.50. The van der Waals surface area contributed by atoms with Gasteiger partial charge in [0.05, 0.1) is 6.10 Å². The molecule has 1 aliphatic heterocycles. The fraction of sp³-hybridized carbons (Fsp3) is 0.867. The van der Waals surface area contributed by atoms with Crippen molar-refractivity contribution in [1.82, 2.24) is 10.2 Å². The SMILES string of the molecule is CCC1CCC(NC(=O)N2CC(OC)CC2C(=O)O)CC1. The number of nitrogens with zero attached hydrogens (tertiary/aromatic N) is 1. The van der Waals surface area contributed by atoms with E-state index in [-0.39, 0.29) is 18.2 Å². The number of hydrogen-bond acceptors (Lipinski definition) is 3. The van der Waals surface area contributed by atoms with Gasteiger partial charge in [-0.1, -0.05) is 13.3 Å². The highest BCUT2D eigenvalue weighted by atomic mass is 16.5. The van der Waals surface area contributed by atoms with Crippen LogP contribution in [0.4, 0.5) is 4.79 Å². The molecule has 1 saturated carbocycles. The van der Waals surface area contributed by atoms with E-state index < -0.39 is 12.0 Å². The molecule has 2 atom stereocenters. The summed E-state index contributed by atoms with van der Waals surface area (Å²) < 4.78 is 5.21. The summed E-state index contributed by atoms with van der Waals surface area (Å²) >= 11 is 0. The lowest BCUT2D eigenvalue weighted by atomic mass is 9.84. The second-order valence-electron chi connectivity index (χ2n) is 6.18. The van der Waals surface area contributed by atoms with Gasteiger partial charge >= 0.3 is 12.0 Å². The molecule has 1 saturated heterocycles. The summed E-state index contributed by atoms with van der Waals surface area (Å²) in [6.07, 6.45) is 5.64. The number of amides is 2. The normalized spacial score (nSPS) is 33.0. The van der Waals surface area contributed by atoms with Crippen molar-refractivity contribution >= 4 is 12.0 Å². The van der Waals surface area contributed by atoms with Crippen LogP contribution in [0.1, 0.15) is 45.4 Å². The average molecular weight is 298 g/mol. The second kappa shape index (κ2) is 7.11. The van der Waals surface area contributed by atoms with Crippen molar-refractivity contribution in [2.75, 3.05) is 13.7 Å². The van der Waals surface area contributed by atoms with Gasteiger partial charge in [-0.3, -0.25) is 0 Å². The molecule has 2 N–H and O–H groups in total. The largest absolute Gasteiger partial charge is 0.480 e. The molecule has 120 valence electrons. The highest BCUT2D eigenvalue weighted by Gasteiger charge is 2.40. The van der Waals surface area contributed by atoms with Crippen molar-refractivity contribution in [2.45, 2.75) is 63.6 Å². The molecule has 0 radical (unpaired) electrons. The summed E-state index contributed by atoms with van der Waals surface area (Å²) in [5.41, 5.74) is 0. The fourth-order valence-corrected chi connectivity index (χ4v) is 3.40. The smallest absolute Gasteiger partial charge is 0.326 e. The van der Waals surface area contributed by atoms with E-state index in [0.29, 0.717) is 13.0 Å². The first-order chi connectivity index (χ1) is 10.0. The van der Waals surface area contributed by atoms with Crippen LogP contribution in [0.3, 0.4) is 0 Å². The van der Waals surface area contributed by atoms with Crippen molar-refractivity contribution in [3.8, 4) is 0 Å². The van der Waals surface area contributed by atoms with E-state index in [2.05, 4.69) is 12.2 Å². The molecule has 2 unspecified atom stereocenters. The maximum atomic E-state index is 12.3. The van der Waals surface area contributed by atoms with E-state index in [1.165, 1.54) is 11.3 Å². The van der Waals surface area contributed by atoms with E-state index in [1.807, 2.05) is 0 Å². The minimum Gasteiger partial charge on any atom is -0.480 e. The number of hydrogen-bond donors (Lipinski definition) is 2. The monoisotopic (exact) mass is 298 g/mol. The number of carbonyl (C=O) groups is 2. The van der Waals surface area contributed by atoms with Crippen LogP contribution in [0, 0.1) is 5.92 Å². The van der Waals surface area contributed by atoms with Gasteiger partial charge in [-0.2, -0.15) is 0 Å². The summed E-state index contributed by atoms with van der Waals surface area (Å²) in [6.45, 7) is 2.56. The number of urea groups is 1. The van der Waals surface area contributed by atoms with Gasteiger partial charge in [0.15, 0.2) is 0 Å². The number of carboxylic acid groups (broad SMARTS) is 1. The van der Waals surface area contributed by atoms with Gasteiger partial charge in [-0.05, 0) is 31.6 Å². The predicted molar refractivity (Wildman–Crippen MR) is 78.1 cm³/mol. The number of rotatable bonds is 4.